The Hall–Kier alpha value is -3.63. The second-order valence-corrected chi connectivity index (χ2v) is 9.92. The Balaban J connectivity index is 1.61. The number of amides is 1. The normalized spacial score (nSPS) is 17.6. The number of alkyl halides is 3. The van der Waals surface area contributed by atoms with Gasteiger partial charge in [0.2, 0.25) is 5.91 Å². The molecular weight excluding hydrogens is 525 g/mol. The third kappa shape index (κ3) is 4.58. The Labute approximate surface area is 220 Å². The second kappa shape index (κ2) is 9.59. The molecule has 0 saturated carbocycles. The fourth-order valence-electron chi connectivity index (χ4n) is 5.17. The maximum Gasteiger partial charge on any atom is 0.417 e. The first-order chi connectivity index (χ1) is 18.0. The van der Waals surface area contributed by atoms with E-state index in [9.17, 15) is 37.8 Å². The number of carbonyl (C=O) groups excluding carboxylic acids is 2. The number of carboxylic acids is 1. The summed E-state index contributed by atoms with van der Waals surface area (Å²) in [5.41, 5.74) is -0.124. The number of benzene rings is 2. The predicted molar refractivity (Wildman–Crippen MR) is 131 cm³/mol. The van der Waals surface area contributed by atoms with Gasteiger partial charge in [-0.1, -0.05) is 17.7 Å². The number of ketones is 1. The highest BCUT2D eigenvalue weighted by atomic mass is 35.5. The van der Waals surface area contributed by atoms with E-state index in [1.54, 1.807) is 16.7 Å². The highest BCUT2D eigenvalue weighted by molar-refractivity contribution is 6.35. The Morgan fingerprint density at radius 1 is 1.03 bits per heavy atom. The number of aromatic carboxylic acids is 1. The zero-order valence-electron chi connectivity index (χ0n) is 19.8. The molecule has 1 aliphatic heterocycles. The van der Waals surface area contributed by atoms with Crippen LogP contribution in [-0.4, -0.2) is 56.5 Å². The van der Waals surface area contributed by atoms with E-state index in [-0.39, 0.29) is 41.6 Å². The van der Waals surface area contributed by atoms with Gasteiger partial charge >= 0.3 is 12.1 Å². The zero-order valence-corrected chi connectivity index (χ0v) is 20.6. The summed E-state index contributed by atoms with van der Waals surface area (Å²) in [4.78, 5) is 39.5. The number of β-amino-alcohol motifs (C(OH)–C–C–N with tert-alkyl or cyclic N) is 1. The minimum Gasteiger partial charge on any atom is -0.478 e. The van der Waals surface area contributed by atoms with Gasteiger partial charge < -0.3 is 19.7 Å². The number of rotatable bonds is 5. The lowest BCUT2D eigenvalue weighted by molar-refractivity contribution is -0.146. The van der Waals surface area contributed by atoms with Gasteiger partial charge in [0.1, 0.15) is 0 Å². The summed E-state index contributed by atoms with van der Waals surface area (Å²) in [6.07, 6.45) is -3.01. The molecule has 2 aliphatic rings. The van der Waals surface area contributed by atoms with Gasteiger partial charge in [-0.3, -0.25) is 9.59 Å². The van der Waals surface area contributed by atoms with Crippen molar-refractivity contribution in [2.75, 3.05) is 13.1 Å². The number of hydrogen-bond acceptors (Lipinski definition) is 4. The SMILES string of the molecule is O=C(O)c1ccc(-n2cc(C(=O)c3c(Cl)cccc3C(F)(F)F)c3c2CCC(C(=O)N2CC(O)C2)C3)cc1. The molecule has 0 bridgehead atoms. The molecular formula is C27H22ClF3N2O5. The number of likely N-dealkylation sites (tertiary alicyclic amines) is 1. The summed E-state index contributed by atoms with van der Waals surface area (Å²) in [7, 11) is 0. The molecule has 1 saturated heterocycles. The summed E-state index contributed by atoms with van der Waals surface area (Å²) < 4.78 is 43.1. The van der Waals surface area contributed by atoms with Gasteiger partial charge in [0.25, 0.3) is 0 Å². The molecule has 5 rings (SSSR count). The van der Waals surface area contributed by atoms with Gasteiger partial charge in [-0.05, 0) is 61.2 Å². The first-order valence-electron chi connectivity index (χ1n) is 11.9. The molecule has 0 radical (unpaired) electrons. The topological polar surface area (TPSA) is 99.8 Å². The summed E-state index contributed by atoms with van der Waals surface area (Å²) >= 11 is 6.13. The highest BCUT2D eigenvalue weighted by Gasteiger charge is 2.40. The molecule has 1 aliphatic carbocycles. The number of aromatic nitrogens is 1. The van der Waals surface area contributed by atoms with Crippen molar-refractivity contribution in [3.05, 3.63) is 87.2 Å². The van der Waals surface area contributed by atoms with Crippen LogP contribution in [0.4, 0.5) is 13.2 Å². The maximum atomic E-state index is 13.8. The highest BCUT2D eigenvalue weighted by Crippen LogP contribution is 2.39. The Morgan fingerprint density at radius 3 is 2.32 bits per heavy atom. The van der Waals surface area contributed by atoms with Crippen LogP contribution < -0.4 is 0 Å². The number of aliphatic hydroxyl groups is 1. The smallest absolute Gasteiger partial charge is 0.417 e. The van der Waals surface area contributed by atoms with Gasteiger partial charge in [-0.15, -0.1) is 0 Å². The van der Waals surface area contributed by atoms with Crippen LogP contribution in [0.5, 0.6) is 0 Å². The second-order valence-electron chi connectivity index (χ2n) is 9.52. The third-order valence-corrected chi connectivity index (χ3v) is 7.42. The molecule has 0 spiro atoms. The number of hydrogen-bond donors (Lipinski definition) is 2. The van der Waals surface area contributed by atoms with Crippen molar-refractivity contribution in [1.29, 1.82) is 0 Å². The van der Waals surface area contributed by atoms with Crippen LogP contribution in [0.15, 0.2) is 48.7 Å². The molecule has 2 N–H and O–H groups in total. The van der Waals surface area contributed by atoms with Crippen molar-refractivity contribution in [2.24, 2.45) is 5.92 Å². The van der Waals surface area contributed by atoms with Crippen LogP contribution in [0.2, 0.25) is 5.02 Å². The lowest BCUT2D eigenvalue weighted by Gasteiger charge is -2.39. The van der Waals surface area contributed by atoms with Gasteiger partial charge in [-0.25, -0.2) is 4.79 Å². The minimum atomic E-state index is -4.82. The van der Waals surface area contributed by atoms with Crippen LogP contribution in [0.25, 0.3) is 5.69 Å². The largest absolute Gasteiger partial charge is 0.478 e. The summed E-state index contributed by atoms with van der Waals surface area (Å²) in [6, 6.07) is 9.04. The summed E-state index contributed by atoms with van der Waals surface area (Å²) in [5.74, 6) is -2.70. The van der Waals surface area contributed by atoms with Crippen molar-refractivity contribution in [3.63, 3.8) is 0 Å². The Kier molecular flexibility index (Phi) is 6.56. The van der Waals surface area contributed by atoms with Crippen molar-refractivity contribution >= 4 is 29.3 Å². The van der Waals surface area contributed by atoms with Crippen molar-refractivity contribution in [1.82, 2.24) is 9.47 Å². The molecule has 2 heterocycles. The van der Waals surface area contributed by atoms with Crippen LogP contribution in [0.3, 0.4) is 0 Å². The zero-order chi connectivity index (χ0) is 27.4. The van der Waals surface area contributed by atoms with Crippen LogP contribution in [0, 0.1) is 5.92 Å². The number of carbonyl (C=O) groups is 3. The van der Waals surface area contributed by atoms with Crippen molar-refractivity contribution < 1.29 is 37.8 Å². The molecule has 2 aromatic carbocycles. The van der Waals surface area contributed by atoms with Crippen molar-refractivity contribution in [3.8, 4) is 5.69 Å². The van der Waals surface area contributed by atoms with E-state index < -0.39 is 41.1 Å². The summed E-state index contributed by atoms with van der Waals surface area (Å²) in [5, 5.41) is 18.5. The minimum absolute atomic E-state index is 0.00190. The molecule has 1 aromatic heterocycles. The van der Waals surface area contributed by atoms with Gasteiger partial charge in [0, 0.05) is 42.1 Å². The number of nitrogens with zero attached hydrogens (tertiary/aromatic N) is 2. The number of fused-ring (bicyclic) bond motifs is 1. The third-order valence-electron chi connectivity index (χ3n) is 7.11. The van der Waals surface area contributed by atoms with E-state index in [2.05, 4.69) is 0 Å². The number of aliphatic hydroxyl groups excluding tert-OH is 1. The Morgan fingerprint density at radius 2 is 1.71 bits per heavy atom. The molecule has 198 valence electrons. The standard InChI is InChI=1S/C27H22ClF3N2O5/c28-21-3-1-2-20(27(29,30)31)23(21)24(35)19-13-33(16-7-4-14(5-8-16)26(37)38)22-9-6-15(10-18(19)22)25(36)32-11-17(34)12-32/h1-5,7-8,13,15,17,34H,6,9-12H2,(H,37,38). The van der Waals surface area contributed by atoms with Gasteiger partial charge in [0.05, 0.1) is 27.8 Å². The first kappa shape index (κ1) is 26.0. The molecule has 7 nitrogen and oxygen atoms in total. The maximum absolute atomic E-state index is 13.8. The average molecular weight is 547 g/mol. The lowest BCUT2D eigenvalue weighted by atomic mass is 9.83. The fraction of sp³-hybridized carbons (Fsp3) is 0.296. The number of halogens is 4. The van der Waals surface area contributed by atoms with E-state index in [0.717, 1.165) is 12.1 Å². The molecule has 38 heavy (non-hydrogen) atoms. The summed E-state index contributed by atoms with van der Waals surface area (Å²) in [6.45, 7) is 0.443. The van der Waals surface area contributed by atoms with E-state index in [1.165, 1.54) is 29.3 Å². The van der Waals surface area contributed by atoms with E-state index >= 15 is 0 Å². The van der Waals surface area contributed by atoms with E-state index in [1.807, 2.05) is 0 Å². The lowest BCUT2D eigenvalue weighted by Crippen LogP contribution is -2.55. The first-order valence-corrected chi connectivity index (χ1v) is 12.3. The molecule has 3 aromatic rings. The number of carboxylic acid groups (broad SMARTS) is 1. The molecule has 1 amide bonds. The molecule has 11 heteroatoms. The fourth-order valence-corrected chi connectivity index (χ4v) is 5.43. The van der Waals surface area contributed by atoms with Crippen LogP contribution in [0.1, 0.15) is 49.5 Å². The quantitative estimate of drug-likeness (QED) is 0.463. The Bertz CT molecular complexity index is 1440. The van der Waals surface area contributed by atoms with Crippen LogP contribution >= 0.6 is 11.6 Å². The molecule has 1 atom stereocenters. The molecule has 1 fully saturated rings. The van der Waals surface area contributed by atoms with Gasteiger partial charge in [-0.2, -0.15) is 13.2 Å². The monoisotopic (exact) mass is 546 g/mol. The predicted octanol–water partition coefficient (Wildman–Crippen LogP) is 4.39. The molecule has 1 unspecified atom stereocenters. The van der Waals surface area contributed by atoms with E-state index in [0.29, 0.717) is 29.8 Å². The van der Waals surface area contributed by atoms with Gasteiger partial charge in [0.15, 0.2) is 5.78 Å². The van der Waals surface area contributed by atoms with Crippen LogP contribution in [-0.2, 0) is 23.8 Å². The average Bonchev–Trinajstić information content (AvgIpc) is 3.24. The van der Waals surface area contributed by atoms with E-state index in [4.69, 9.17) is 11.6 Å². The van der Waals surface area contributed by atoms with Crippen molar-refractivity contribution in [2.45, 2.75) is 31.5 Å².